The van der Waals surface area contributed by atoms with Crippen molar-refractivity contribution in [2.45, 2.75) is 6.92 Å². The highest BCUT2D eigenvalue weighted by atomic mass is 15.0. The van der Waals surface area contributed by atoms with Crippen molar-refractivity contribution in [1.29, 1.82) is 0 Å². The first-order valence-corrected chi connectivity index (χ1v) is 33.1. The Morgan fingerprint density at radius 1 is 0.267 bits per heavy atom. The van der Waals surface area contributed by atoms with Gasteiger partial charge in [0.25, 0.3) is 0 Å². The van der Waals surface area contributed by atoms with Crippen molar-refractivity contribution in [2.24, 2.45) is 9.98 Å². The lowest BCUT2D eigenvalue weighted by molar-refractivity contribution is 1.07. The lowest BCUT2D eigenvalue weighted by Crippen LogP contribution is -2.00. The highest BCUT2D eigenvalue weighted by Gasteiger charge is 2.18. The fourth-order valence-electron chi connectivity index (χ4n) is 12.5. The van der Waals surface area contributed by atoms with Crippen molar-refractivity contribution >= 4 is 56.2 Å². The zero-order valence-electron chi connectivity index (χ0n) is 54.5. The van der Waals surface area contributed by atoms with Gasteiger partial charge in [-0.05, 0) is 96.6 Å². The van der Waals surface area contributed by atoms with Gasteiger partial charge in [0.2, 0.25) is 0 Å². The van der Waals surface area contributed by atoms with E-state index in [2.05, 4.69) is 199 Å². The van der Waals surface area contributed by atoms with E-state index in [1.54, 1.807) is 12.4 Å². The topological polar surface area (TPSA) is 167 Å². The Labute approximate surface area is 581 Å². The van der Waals surface area contributed by atoms with Gasteiger partial charge in [0.05, 0.1) is 50.5 Å². The van der Waals surface area contributed by atoms with Crippen LogP contribution in [0.15, 0.2) is 326 Å². The summed E-state index contributed by atoms with van der Waals surface area (Å²) in [6.45, 7) is 5.62. The van der Waals surface area contributed by atoms with Crippen LogP contribution >= 0.6 is 0 Å². The summed E-state index contributed by atoms with van der Waals surface area (Å²) in [5.41, 5.74) is 21.4. The van der Waals surface area contributed by atoms with Gasteiger partial charge in [0, 0.05) is 84.0 Å². The molecule has 0 saturated carbocycles. The minimum absolute atomic E-state index is 0.472. The first-order chi connectivity index (χ1) is 49.8. The highest BCUT2D eigenvalue weighted by molar-refractivity contribution is 6.02. The number of nitrogens with zero attached hydrogens (tertiary/aromatic N) is 13. The van der Waals surface area contributed by atoms with E-state index < -0.39 is 0 Å². The van der Waals surface area contributed by atoms with Gasteiger partial charge in [0.1, 0.15) is 11.4 Å². The molecule has 13 heteroatoms. The molecule has 0 unspecified atom stereocenters. The number of aliphatic imine (C=N–C) groups is 2. The molecule has 10 aromatic carbocycles. The van der Waals surface area contributed by atoms with E-state index in [0.29, 0.717) is 46.3 Å². The Bertz CT molecular complexity index is 6030. The number of amidine groups is 1. The summed E-state index contributed by atoms with van der Waals surface area (Å²) in [4.78, 5) is 63.8. The van der Waals surface area contributed by atoms with Crippen molar-refractivity contribution in [3.63, 3.8) is 0 Å². The number of hydrogen-bond donors (Lipinski definition) is 0. The third-order valence-corrected chi connectivity index (χ3v) is 17.9. The quantitative estimate of drug-likeness (QED) is 0.0751. The first-order valence-electron chi connectivity index (χ1n) is 33.1. The zero-order valence-corrected chi connectivity index (χ0v) is 54.5. The number of hydrogen-bond acceptors (Lipinski definition) is 12. The van der Waals surface area contributed by atoms with E-state index in [1.807, 2.05) is 128 Å². The van der Waals surface area contributed by atoms with Crippen LogP contribution in [0.2, 0.25) is 0 Å². The second-order valence-electron chi connectivity index (χ2n) is 24.4. The Morgan fingerprint density at radius 2 is 0.584 bits per heavy atom. The van der Waals surface area contributed by atoms with E-state index in [1.165, 1.54) is 0 Å². The third-order valence-electron chi connectivity index (χ3n) is 17.9. The molecular formula is C88H57N13. The van der Waals surface area contributed by atoms with Gasteiger partial charge >= 0.3 is 0 Å². The summed E-state index contributed by atoms with van der Waals surface area (Å²) >= 11 is 0. The molecule has 17 aromatic rings. The summed E-state index contributed by atoms with van der Waals surface area (Å²) in [7, 11) is 0. The van der Waals surface area contributed by atoms with E-state index in [0.717, 1.165) is 144 Å². The lowest BCUT2D eigenvalue weighted by Gasteiger charge is -2.11. The fraction of sp³-hybridized carbons (Fsp3) is 0.0114. The van der Waals surface area contributed by atoms with E-state index in [9.17, 15) is 0 Å². The van der Waals surface area contributed by atoms with Crippen LogP contribution in [0.5, 0.6) is 0 Å². The fourth-order valence-corrected chi connectivity index (χ4v) is 12.5. The molecule has 7 heterocycles. The summed E-state index contributed by atoms with van der Waals surface area (Å²) in [5, 5.41) is 4.12. The number of fused-ring (bicyclic) bond motifs is 4. The maximum atomic E-state index is 5.19. The first kappa shape index (κ1) is 60.7. The van der Waals surface area contributed by atoms with Crippen LogP contribution in [-0.4, -0.2) is 67.4 Å². The van der Waals surface area contributed by atoms with Crippen molar-refractivity contribution in [2.75, 3.05) is 0 Å². The molecule has 0 aliphatic carbocycles. The molecule has 0 bridgehead atoms. The van der Waals surface area contributed by atoms with Crippen molar-refractivity contribution in [1.82, 2.24) is 54.8 Å². The molecule has 0 N–H and O–H groups in total. The summed E-state index contributed by atoms with van der Waals surface area (Å²) < 4.78 is 0. The summed E-state index contributed by atoms with van der Waals surface area (Å²) in [6.07, 6.45) is 5.33. The molecule has 0 saturated heterocycles. The largest absolute Gasteiger partial charge is 0.248 e. The van der Waals surface area contributed by atoms with Gasteiger partial charge in [-0.1, -0.05) is 243 Å². The van der Waals surface area contributed by atoms with E-state index in [-0.39, 0.29) is 0 Å². The molecule has 7 aromatic heterocycles. The molecule has 0 amide bonds. The maximum Gasteiger partial charge on any atom is 0.178 e. The molecule has 0 spiro atoms. The number of rotatable bonds is 14. The molecular weight excluding hydrogens is 1240 g/mol. The average molecular weight is 1300 g/mol. The van der Waals surface area contributed by atoms with Crippen LogP contribution in [0.4, 0.5) is 0 Å². The van der Waals surface area contributed by atoms with Crippen LogP contribution < -0.4 is 0 Å². The molecule has 0 aliphatic heterocycles. The van der Waals surface area contributed by atoms with Crippen LogP contribution in [0.3, 0.4) is 0 Å². The van der Waals surface area contributed by atoms with Gasteiger partial charge < -0.3 is 0 Å². The smallest absolute Gasteiger partial charge is 0.178 e. The zero-order chi connectivity index (χ0) is 67.6. The Kier molecular flexibility index (Phi) is 16.0. The molecule has 101 heavy (non-hydrogen) atoms. The average Bonchev–Trinajstić information content (AvgIpc) is 0.801. The van der Waals surface area contributed by atoms with E-state index >= 15 is 0 Å². The predicted octanol–water partition coefficient (Wildman–Crippen LogP) is 20.6. The van der Waals surface area contributed by atoms with Gasteiger partial charge in [-0.25, -0.2) is 64.8 Å². The monoisotopic (exact) mass is 1300 g/mol. The van der Waals surface area contributed by atoms with Crippen LogP contribution in [0, 0.1) is 0 Å². The van der Waals surface area contributed by atoms with Crippen LogP contribution in [0.25, 0.3) is 179 Å². The number of benzene rings is 10. The lowest BCUT2D eigenvalue weighted by atomic mass is 10.0. The molecule has 0 fully saturated rings. The predicted molar refractivity (Wildman–Crippen MR) is 408 cm³/mol. The maximum absolute atomic E-state index is 5.19. The minimum Gasteiger partial charge on any atom is -0.248 e. The van der Waals surface area contributed by atoms with Crippen LogP contribution in [0.1, 0.15) is 12.6 Å². The Morgan fingerprint density at radius 3 is 1.00 bits per heavy atom. The number of allylic oxidation sites excluding steroid dienone is 1. The van der Waals surface area contributed by atoms with Crippen molar-refractivity contribution in [3.05, 3.63) is 321 Å². The summed E-state index contributed by atoms with van der Waals surface area (Å²) in [5.74, 6) is 3.47. The van der Waals surface area contributed by atoms with Gasteiger partial charge in [-0.2, -0.15) is 0 Å². The van der Waals surface area contributed by atoms with Crippen molar-refractivity contribution < 1.29 is 0 Å². The molecule has 0 radical (unpaired) electrons. The Balaban J connectivity index is 0.606. The Hall–Kier alpha value is -13.9. The van der Waals surface area contributed by atoms with Crippen molar-refractivity contribution in [3.8, 4) is 136 Å². The second-order valence-corrected chi connectivity index (χ2v) is 24.4. The second kappa shape index (κ2) is 26.6. The standard InChI is InChI=1S/C88H57N13/c1-3-48-90-87(89-2)75-45-41-62-31-37-70(52-79(62)94-75)68-35-29-60-39-43-72(92-77(60)50-68)55-19-23-58(24-20-55)81-54-82(98-83(97-81)64-13-7-4-8-14-64)59-25-21-57(22-26-59)74-47-49-91-88(96-74)76-46-42-63-32-38-71(53-80(63)95-76)69-36-30-61-40-44-73(93-78(61)51-69)56-27-33-67(34-28-56)86-100-84(65-15-9-5-10-16-65)99-85(101-86)66-17-11-6-12-18-66/h3-54H,2H2,1H3/b48-3-,90-87-. The van der Waals surface area contributed by atoms with E-state index in [4.69, 9.17) is 54.8 Å². The van der Waals surface area contributed by atoms with Crippen LogP contribution in [-0.2, 0) is 0 Å². The minimum atomic E-state index is 0.472. The SMILES string of the molecule is C=N/C(=N\C=C/C)c1ccc2ccc(-c3ccc4ccc(-c5ccc(-c6cc(-c7ccc(-c8ccnc(-c9ccc%10ccc(-c%11ccc%12ccc(-c%13ccc(-c%14nc(-c%15ccccc%15)nc(-c%15ccccc%15)n%14)cc%13)nc%12c%11)cc%10n9)n8)cc7)nc(-c7ccccc7)n6)cc5)nc4c3)cc2n1. The van der Waals surface area contributed by atoms with Gasteiger partial charge in [-0.15, -0.1) is 0 Å². The van der Waals surface area contributed by atoms with Gasteiger partial charge in [-0.3, -0.25) is 0 Å². The number of pyridine rings is 4. The third kappa shape index (κ3) is 12.6. The molecule has 0 atom stereocenters. The normalized spacial score (nSPS) is 11.7. The van der Waals surface area contributed by atoms with Gasteiger partial charge in [0.15, 0.2) is 35.0 Å². The molecule has 17 rings (SSSR count). The molecule has 0 aliphatic rings. The summed E-state index contributed by atoms with van der Waals surface area (Å²) in [6, 6.07) is 101. The highest BCUT2D eigenvalue weighted by Crippen LogP contribution is 2.36. The molecule has 474 valence electrons. The number of aromatic nitrogens is 11. The molecule has 13 nitrogen and oxygen atoms in total.